The van der Waals surface area contributed by atoms with E-state index in [2.05, 4.69) is 51.6 Å². The van der Waals surface area contributed by atoms with Gasteiger partial charge in [0.25, 0.3) is 23.6 Å². The van der Waals surface area contributed by atoms with Crippen molar-refractivity contribution in [3.8, 4) is 38.3 Å². The molecule has 0 saturated heterocycles. The minimum Gasteiger partial charge on any atom is -0.351 e. The quantitative estimate of drug-likeness (QED) is 0.0630. The van der Waals surface area contributed by atoms with E-state index in [1.165, 1.54) is 29.7 Å². The van der Waals surface area contributed by atoms with Crippen molar-refractivity contribution < 1.29 is 19.2 Å². The predicted molar refractivity (Wildman–Crippen MR) is 200 cm³/mol. The standard InChI is InChI=1S/C35H30ClN11O4S2/c36-31-15-21(13-26(43-31)33(49)40-7-3-9-41-34(50)27-16-23(44-46-27)29-4-1-11-52-29)22-14-30(53-19-22)24-17-28(47-45-24)35(51)42-8-2-6-39-32(48)25-12-20(18-37)5-10-38-25/h1,4-5,10-17,19H,2-3,6-9H2,(H,39,48)(H,40,49)(H,41,50)(H,42,51)(H,44,46)(H,45,47). The molecular formula is C35H30ClN11O4S2. The molecule has 6 rings (SSSR count). The van der Waals surface area contributed by atoms with Crippen LogP contribution in [0.3, 0.4) is 0 Å². The Kier molecular flexibility index (Phi) is 12.0. The molecule has 6 N–H and O–H groups in total. The lowest BCUT2D eigenvalue weighted by atomic mass is 10.1. The van der Waals surface area contributed by atoms with Crippen molar-refractivity contribution in [2.75, 3.05) is 26.2 Å². The summed E-state index contributed by atoms with van der Waals surface area (Å²) in [5.74, 6) is -1.49. The minimum atomic E-state index is -0.405. The third-order valence-corrected chi connectivity index (χ3v) is 9.66. The van der Waals surface area contributed by atoms with Crippen LogP contribution in [0, 0.1) is 11.3 Å². The van der Waals surface area contributed by atoms with Gasteiger partial charge in [0, 0.05) is 32.4 Å². The summed E-state index contributed by atoms with van der Waals surface area (Å²) in [6.45, 7) is 1.24. The maximum atomic E-state index is 12.9. The normalized spacial score (nSPS) is 10.7. The van der Waals surface area contributed by atoms with Crippen LogP contribution in [-0.2, 0) is 0 Å². The first kappa shape index (κ1) is 36.6. The van der Waals surface area contributed by atoms with Crippen molar-refractivity contribution in [1.82, 2.24) is 51.6 Å². The molecule has 0 fully saturated rings. The number of nitrogens with one attached hydrogen (secondary N) is 6. The van der Waals surface area contributed by atoms with Crippen molar-refractivity contribution in [2.24, 2.45) is 0 Å². The van der Waals surface area contributed by atoms with Crippen LogP contribution in [0.15, 0.2) is 71.6 Å². The monoisotopic (exact) mass is 767 g/mol. The molecule has 0 aromatic carbocycles. The first-order valence-corrected chi connectivity index (χ1v) is 18.3. The van der Waals surface area contributed by atoms with Gasteiger partial charge in [0.1, 0.15) is 16.5 Å². The number of nitriles is 1. The number of amides is 4. The van der Waals surface area contributed by atoms with Crippen LogP contribution in [-0.4, -0.2) is 80.2 Å². The summed E-state index contributed by atoms with van der Waals surface area (Å²) >= 11 is 9.26. The largest absolute Gasteiger partial charge is 0.351 e. The molecule has 0 aliphatic rings. The van der Waals surface area contributed by atoms with Gasteiger partial charge < -0.3 is 21.3 Å². The zero-order chi connectivity index (χ0) is 37.2. The molecule has 0 saturated carbocycles. The van der Waals surface area contributed by atoms with E-state index in [0.29, 0.717) is 55.8 Å². The molecule has 0 bridgehead atoms. The Morgan fingerprint density at radius 2 is 1.30 bits per heavy atom. The zero-order valence-corrected chi connectivity index (χ0v) is 30.1. The third kappa shape index (κ3) is 9.56. The molecule has 0 spiro atoms. The molecule has 18 heteroatoms. The number of aromatic amines is 2. The molecular weight excluding hydrogens is 738 g/mol. The second-order valence-electron chi connectivity index (χ2n) is 11.3. The lowest BCUT2D eigenvalue weighted by Crippen LogP contribution is -2.30. The highest BCUT2D eigenvalue weighted by molar-refractivity contribution is 7.14. The van der Waals surface area contributed by atoms with Crippen LogP contribution in [0.1, 0.15) is 60.4 Å². The highest BCUT2D eigenvalue weighted by Gasteiger charge is 2.16. The molecule has 6 aromatic heterocycles. The molecule has 4 amide bonds. The molecule has 0 unspecified atom stereocenters. The van der Waals surface area contributed by atoms with E-state index in [1.807, 2.05) is 35.0 Å². The van der Waals surface area contributed by atoms with E-state index in [-0.39, 0.29) is 39.7 Å². The van der Waals surface area contributed by atoms with E-state index in [9.17, 15) is 19.2 Å². The number of nitrogens with zero attached hydrogens (tertiary/aromatic N) is 5. The highest BCUT2D eigenvalue weighted by atomic mass is 35.5. The predicted octanol–water partition coefficient (Wildman–Crippen LogP) is 4.67. The average Bonchev–Trinajstić information content (AvgIpc) is 4.01. The molecule has 0 atom stereocenters. The highest BCUT2D eigenvalue weighted by Crippen LogP contribution is 2.33. The lowest BCUT2D eigenvalue weighted by Gasteiger charge is -2.07. The topological polar surface area (TPSA) is 223 Å². The van der Waals surface area contributed by atoms with Gasteiger partial charge in [0.05, 0.1) is 32.8 Å². The number of pyridine rings is 2. The summed E-state index contributed by atoms with van der Waals surface area (Å²) in [4.78, 5) is 60.2. The third-order valence-electron chi connectivity index (χ3n) is 7.60. The van der Waals surface area contributed by atoms with E-state index < -0.39 is 11.8 Å². The number of H-pyrrole nitrogens is 2. The SMILES string of the molecule is N#Cc1ccnc(C(=O)NCCCNC(=O)c2cc(-c3cc(-c4cc(Cl)nc(C(=O)NCCCNC(=O)c5cc(-c6cccs6)[nH]n5)c4)cs3)[nH]n2)c1. The summed E-state index contributed by atoms with van der Waals surface area (Å²) < 4.78 is 0. The van der Waals surface area contributed by atoms with Gasteiger partial charge in [-0.25, -0.2) is 4.98 Å². The van der Waals surface area contributed by atoms with Gasteiger partial charge in [-0.2, -0.15) is 15.5 Å². The van der Waals surface area contributed by atoms with Crippen molar-refractivity contribution >= 4 is 57.9 Å². The lowest BCUT2D eigenvalue weighted by molar-refractivity contribution is 0.0930. The van der Waals surface area contributed by atoms with E-state index >= 15 is 0 Å². The fourth-order valence-electron chi connectivity index (χ4n) is 4.94. The van der Waals surface area contributed by atoms with E-state index in [1.54, 1.807) is 35.6 Å². The summed E-state index contributed by atoms with van der Waals surface area (Å²) in [7, 11) is 0. The van der Waals surface area contributed by atoms with E-state index in [4.69, 9.17) is 16.9 Å². The summed E-state index contributed by atoms with van der Waals surface area (Å²) in [6.07, 6.45) is 2.36. The fraction of sp³-hybridized carbons (Fsp3) is 0.171. The number of carbonyl (C=O) groups is 4. The number of hydrogen-bond donors (Lipinski definition) is 6. The van der Waals surface area contributed by atoms with Crippen molar-refractivity contribution in [2.45, 2.75) is 12.8 Å². The van der Waals surface area contributed by atoms with Crippen LogP contribution in [0.4, 0.5) is 0 Å². The smallest absolute Gasteiger partial charge is 0.271 e. The molecule has 0 radical (unpaired) electrons. The van der Waals surface area contributed by atoms with Crippen LogP contribution in [0.5, 0.6) is 0 Å². The summed E-state index contributed by atoms with van der Waals surface area (Å²) in [5, 5.41) is 38.1. The number of carbonyl (C=O) groups excluding carboxylic acids is 4. The van der Waals surface area contributed by atoms with Gasteiger partial charge >= 0.3 is 0 Å². The Hall–Kier alpha value is -6.22. The summed E-state index contributed by atoms with van der Waals surface area (Å²) in [5.41, 5.74) is 4.00. The Labute approximate surface area is 315 Å². The van der Waals surface area contributed by atoms with Gasteiger partial charge in [0.15, 0.2) is 11.4 Å². The van der Waals surface area contributed by atoms with Gasteiger partial charge in [0.2, 0.25) is 0 Å². The van der Waals surface area contributed by atoms with Crippen LogP contribution < -0.4 is 21.3 Å². The van der Waals surface area contributed by atoms with Gasteiger partial charge in [-0.1, -0.05) is 17.7 Å². The second kappa shape index (κ2) is 17.3. The molecule has 6 aromatic rings. The molecule has 15 nitrogen and oxygen atoms in total. The number of halogens is 1. The number of thiophene rings is 2. The molecule has 0 aliphatic carbocycles. The fourth-order valence-corrected chi connectivity index (χ4v) is 6.73. The van der Waals surface area contributed by atoms with Crippen LogP contribution in [0.2, 0.25) is 5.15 Å². The first-order chi connectivity index (χ1) is 25.8. The van der Waals surface area contributed by atoms with Gasteiger partial charge in [-0.15, -0.1) is 22.7 Å². The first-order valence-electron chi connectivity index (χ1n) is 16.2. The average molecular weight is 768 g/mol. The van der Waals surface area contributed by atoms with Crippen molar-refractivity contribution in [1.29, 1.82) is 5.26 Å². The van der Waals surface area contributed by atoms with Gasteiger partial charge in [-0.3, -0.25) is 34.4 Å². The second-order valence-corrected chi connectivity index (χ2v) is 13.6. The molecule has 268 valence electrons. The molecule has 6 heterocycles. The van der Waals surface area contributed by atoms with Crippen molar-refractivity contribution in [3.05, 3.63) is 105 Å². The van der Waals surface area contributed by atoms with E-state index in [0.717, 1.165) is 21.0 Å². The minimum absolute atomic E-state index is 0.145. The van der Waals surface area contributed by atoms with Crippen LogP contribution in [0.25, 0.3) is 32.3 Å². The Morgan fingerprint density at radius 3 is 1.91 bits per heavy atom. The number of rotatable bonds is 15. The summed E-state index contributed by atoms with van der Waals surface area (Å²) in [6, 6.07) is 17.3. The van der Waals surface area contributed by atoms with Crippen molar-refractivity contribution in [3.63, 3.8) is 0 Å². The number of hydrogen-bond acceptors (Lipinski definition) is 11. The maximum Gasteiger partial charge on any atom is 0.271 e. The number of aromatic nitrogens is 6. The van der Waals surface area contributed by atoms with Gasteiger partial charge in [-0.05, 0) is 83.3 Å². The Morgan fingerprint density at radius 1 is 0.698 bits per heavy atom. The maximum absolute atomic E-state index is 12.9. The zero-order valence-electron chi connectivity index (χ0n) is 27.7. The Bertz CT molecular complexity index is 2290. The van der Waals surface area contributed by atoms with Crippen LogP contribution >= 0.6 is 34.3 Å². The molecule has 0 aliphatic heterocycles. The molecule has 53 heavy (non-hydrogen) atoms. The Balaban J connectivity index is 0.946.